The van der Waals surface area contributed by atoms with Crippen LogP contribution in [0.25, 0.3) is 0 Å². The Morgan fingerprint density at radius 3 is 3.22 bits per heavy atom. The number of ether oxygens (including phenoxy) is 1. The molecule has 2 nitrogen and oxygen atoms in total. The van der Waals surface area contributed by atoms with Gasteiger partial charge in [-0.05, 0) is 6.42 Å². The summed E-state index contributed by atoms with van der Waals surface area (Å²) in [5, 5.41) is 0. The molecule has 2 rings (SSSR count). The summed E-state index contributed by atoms with van der Waals surface area (Å²) in [4.78, 5) is 2.47. The van der Waals surface area contributed by atoms with Gasteiger partial charge in [0.15, 0.2) is 0 Å². The average molecular weight is 145 g/mol. The maximum absolute atomic E-state index is 5.43. The van der Waals surface area contributed by atoms with Crippen LogP contribution in [0, 0.1) is 0 Å². The van der Waals surface area contributed by atoms with E-state index in [4.69, 9.17) is 4.74 Å². The summed E-state index contributed by atoms with van der Waals surface area (Å²) in [6.07, 6.45) is 2.98. The SMILES string of the molecule is PCN1CCOC2CC21. The van der Waals surface area contributed by atoms with Crippen LogP contribution in [0.3, 0.4) is 0 Å². The van der Waals surface area contributed by atoms with Gasteiger partial charge in [-0.3, -0.25) is 4.90 Å². The van der Waals surface area contributed by atoms with Gasteiger partial charge in [-0.2, -0.15) is 0 Å². The minimum Gasteiger partial charge on any atom is -0.375 e. The number of rotatable bonds is 1. The molecule has 0 radical (unpaired) electrons. The molecule has 1 saturated carbocycles. The first-order chi connectivity index (χ1) is 4.42. The number of fused-ring (bicyclic) bond motifs is 1. The maximum Gasteiger partial charge on any atom is 0.0747 e. The Balaban J connectivity index is 1.93. The Labute approximate surface area is 57.8 Å². The van der Waals surface area contributed by atoms with E-state index in [-0.39, 0.29) is 0 Å². The van der Waals surface area contributed by atoms with Crippen molar-refractivity contribution in [2.75, 3.05) is 19.4 Å². The third-order valence-corrected chi connectivity index (χ3v) is 2.58. The normalized spacial score (nSPS) is 42.3. The fourth-order valence-corrected chi connectivity index (χ4v) is 1.89. The number of hydrogen-bond acceptors (Lipinski definition) is 2. The lowest BCUT2D eigenvalue weighted by Crippen LogP contribution is -2.35. The third kappa shape index (κ3) is 1.000. The molecule has 0 N–H and O–H groups in total. The van der Waals surface area contributed by atoms with Crippen molar-refractivity contribution in [3.8, 4) is 0 Å². The Morgan fingerprint density at radius 1 is 1.67 bits per heavy atom. The second kappa shape index (κ2) is 2.19. The molecular weight excluding hydrogens is 133 g/mol. The topological polar surface area (TPSA) is 12.5 Å². The number of morpholine rings is 1. The minimum atomic E-state index is 0.597. The second-order valence-corrected chi connectivity index (χ2v) is 3.07. The average Bonchev–Trinajstić information content (AvgIpc) is 2.64. The minimum absolute atomic E-state index is 0.597. The van der Waals surface area contributed by atoms with Crippen LogP contribution in [0.4, 0.5) is 0 Å². The summed E-state index contributed by atoms with van der Waals surface area (Å²) in [6.45, 7) is 2.07. The molecule has 3 unspecified atom stereocenters. The van der Waals surface area contributed by atoms with Crippen molar-refractivity contribution < 1.29 is 4.74 Å². The Hall–Kier alpha value is 0.350. The van der Waals surface area contributed by atoms with E-state index in [0.717, 1.165) is 25.5 Å². The van der Waals surface area contributed by atoms with Crippen molar-refractivity contribution in [1.29, 1.82) is 0 Å². The molecular formula is C6H12NOP. The van der Waals surface area contributed by atoms with Crippen LogP contribution < -0.4 is 0 Å². The number of nitrogens with zero attached hydrogens (tertiary/aromatic N) is 1. The monoisotopic (exact) mass is 145 g/mol. The summed E-state index contributed by atoms with van der Waals surface area (Å²) in [5.41, 5.74) is 0. The summed E-state index contributed by atoms with van der Waals surface area (Å²) in [6, 6.07) is 0.774. The molecule has 0 bridgehead atoms. The van der Waals surface area contributed by atoms with E-state index >= 15 is 0 Å². The predicted molar refractivity (Wildman–Crippen MR) is 39.4 cm³/mol. The molecule has 1 heterocycles. The highest BCUT2D eigenvalue weighted by Crippen LogP contribution is 2.34. The Bertz CT molecular complexity index is 120. The zero-order valence-electron chi connectivity index (χ0n) is 5.42. The molecule has 1 aliphatic carbocycles. The van der Waals surface area contributed by atoms with Gasteiger partial charge in [0.05, 0.1) is 12.7 Å². The molecule has 2 aliphatic rings. The highest BCUT2D eigenvalue weighted by molar-refractivity contribution is 7.16. The molecule has 9 heavy (non-hydrogen) atoms. The molecule has 3 atom stereocenters. The van der Waals surface area contributed by atoms with Crippen LogP contribution in [-0.4, -0.2) is 36.5 Å². The van der Waals surface area contributed by atoms with E-state index in [9.17, 15) is 0 Å². The highest BCUT2D eigenvalue weighted by atomic mass is 31.0. The van der Waals surface area contributed by atoms with Crippen molar-refractivity contribution in [1.82, 2.24) is 4.90 Å². The molecule has 0 aromatic heterocycles. The molecule has 1 saturated heterocycles. The number of hydrogen-bond donors (Lipinski definition) is 0. The molecule has 0 aromatic rings. The van der Waals surface area contributed by atoms with Gasteiger partial charge in [0, 0.05) is 18.9 Å². The van der Waals surface area contributed by atoms with Gasteiger partial charge in [-0.15, -0.1) is 9.24 Å². The lowest BCUT2D eigenvalue weighted by molar-refractivity contribution is 0.0397. The van der Waals surface area contributed by atoms with Gasteiger partial charge in [0.2, 0.25) is 0 Å². The first kappa shape index (κ1) is 6.09. The smallest absolute Gasteiger partial charge is 0.0747 e. The third-order valence-electron chi connectivity index (χ3n) is 2.11. The lowest BCUT2D eigenvalue weighted by atomic mass is 10.5. The summed E-state index contributed by atoms with van der Waals surface area (Å²) >= 11 is 0. The second-order valence-electron chi connectivity index (χ2n) is 2.71. The zero-order chi connectivity index (χ0) is 6.27. The predicted octanol–water partition coefficient (Wildman–Crippen LogP) is 0.292. The van der Waals surface area contributed by atoms with Crippen LogP contribution in [0.15, 0.2) is 0 Å². The molecule has 2 fully saturated rings. The van der Waals surface area contributed by atoms with E-state index in [1.54, 1.807) is 0 Å². The largest absolute Gasteiger partial charge is 0.375 e. The fraction of sp³-hybridized carbons (Fsp3) is 1.00. The van der Waals surface area contributed by atoms with Crippen molar-refractivity contribution in [2.24, 2.45) is 0 Å². The van der Waals surface area contributed by atoms with Crippen molar-refractivity contribution in [3.63, 3.8) is 0 Å². The van der Waals surface area contributed by atoms with Gasteiger partial charge in [-0.25, -0.2) is 0 Å². The van der Waals surface area contributed by atoms with Crippen molar-refractivity contribution in [2.45, 2.75) is 18.6 Å². The van der Waals surface area contributed by atoms with Crippen LogP contribution in [0.2, 0.25) is 0 Å². The maximum atomic E-state index is 5.43. The van der Waals surface area contributed by atoms with Crippen molar-refractivity contribution >= 4 is 9.24 Å². The van der Waals surface area contributed by atoms with Gasteiger partial charge >= 0.3 is 0 Å². The van der Waals surface area contributed by atoms with Crippen LogP contribution in [0.1, 0.15) is 6.42 Å². The Kier molecular flexibility index (Phi) is 1.48. The van der Waals surface area contributed by atoms with Crippen LogP contribution in [-0.2, 0) is 4.74 Å². The standard InChI is InChI=1S/C6H12NOP/c9-4-7-1-2-8-6-3-5(6)7/h5-6H,1-4,9H2. The van der Waals surface area contributed by atoms with E-state index < -0.39 is 0 Å². The molecule has 3 heteroatoms. The van der Waals surface area contributed by atoms with E-state index in [1.165, 1.54) is 6.42 Å². The molecule has 0 amide bonds. The Morgan fingerprint density at radius 2 is 2.56 bits per heavy atom. The first-order valence-corrected chi connectivity index (χ1v) is 4.29. The van der Waals surface area contributed by atoms with Gasteiger partial charge in [0.1, 0.15) is 0 Å². The zero-order valence-corrected chi connectivity index (χ0v) is 6.57. The summed E-state index contributed by atoms with van der Waals surface area (Å²) in [7, 11) is 2.77. The molecule has 1 aliphatic heterocycles. The van der Waals surface area contributed by atoms with Crippen LogP contribution >= 0.6 is 9.24 Å². The highest BCUT2D eigenvalue weighted by Gasteiger charge is 2.44. The lowest BCUT2D eigenvalue weighted by Gasteiger charge is -2.24. The quantitative estimate of drug-likeness (QED) is 0.492. The van der Waals surface area contributed by atoms with Crippen molar-refractivity contribution in [3.05, 3.63) is 0 Å². The molecule has 0 aromatic carbocycles. The fourth-order valence-electron chi connectivity index (χ4n) is 1.44. The van der Waals surface area contributed by atoms with E-state index in [2.05, 4.69) is 14.1 Å². The summed E-state index contributed by atoms with van der Waals surface area (Å²) < 4.78 is 5.43. The van der Waals surface area contributed by atoms with E-state index in [0.29, 0.717) is 6.10 Å². The van der Waals surface area contributed by atoms with Crippen LogP contribution in [0.5, 0.6) is 0 Å². The van der Waals surface area contributed by atoms with Gasteiger partial charge in [0.25, 0.3) is 0 Å². The summed E-state index contributed by atoms with van der Waals surface area (Å²) in [5.74, 6) is 0. The van der Waals surface area contributed by atoms with E-state index in [1.807, 2.05) is 0 Å². The van der Waals surface area contributed by atoms with Gasteiger partial charge in [-0.1, -0.05) is 0 Å². The first-order valence-electron chi connectivity index (χ1n) is 3.47. The molecule has 52 valence electrons. The van der Waals surface area contributed by atoms with Gasteiger partial charge < -0.3 is 4.74 Å². The molecule has 0 spiro atoms.